The minimum Gasteiger partial charge on any atom is -0.372 e. The first-order valence-electron chi connectivity index (χ1n) is 5.37. The fraction of sp³-hybridized carbons (Fsp3) is 1.00. The summed E-state index contributed by atoms with van der Waals surface area (Å²) in [5.74, 6) is 0.460. The maximum atomic E-state index is 11.8. The van der Waals surface area contributed by atoms with Crippen molar-refractivity contribution in [3.05, 3.63) is 0 Å². The Hall–Kier alpha value is 0.230. The van der Waals surface area contributed by atoms with Gasteiger partial charge in [-0.2, -0.15) is 13.2 Å². The van der Waals surface area contributed by atoms with Crippen LogP contribution in [-0.4, -0.2) is 24.7 Å². The van der Waals surface area contributed by atoms with E-state index in [1.165, 1.54) is 0 Å². The summed E-state index contributed by atoms with van der Waals surface area (Å²) in [5.41, 5.74) is 0.174. The summed E-state index contributed by atoms with van der Waals surface area (Å²) >= 11 is 3.43. The molecule has 0 bridgehead atoms. The molecule has 0 saturated carbocycles. The summed E-state index contributed by atoms with van der Waals surface area (Å²) in [5, 5.41) is 0.871. The molecule has 1 atom stereocenters. The van der Waals surface area contributed by atoms with E-state index in [-0.39, 0.29) is 12.0 Å². The van der Waals surface area contributed by atoms with Crippen molar-refractivity contribution in [2.45, 2.75) is 39.8 Å². The van der Waals surface area contributed by atoms with Crippen LogP contribution in [0.5, 0.6) is 0 Å². The van der Waals surface area contributed by atoms with Crippen LogP contribution in [0.4, 0.5) is 13.2 Å². The van der Waals surface area contributed by atoms with Gasteiger partial charge in [0.1, 0.15) is 6.61 Å². The quantitative estimate of drug-likeness (QED) is 0.522. The minimum atomic E-state index is -4.21. The standard InChI is InChI=1S/C11H20BrF3O/c1-10(2,3)9(7-12)5-4-6-16-8-11(13,14)15/h9H,4-8H2,1-3H3. The first kappa shape index (κ1) is 16.2. The van der Waals surface area contributed by atoms with Crippen molar-refractivity contribution in [1.82, 2.24) is 0 Å². The van der Waals surface area contributed by atoms with E-state index in [0.717, 1.165) is 11.8 Å². The smallest absolute Gasteiger partial charge is 0.372 e. The van der Waals surface area contributed by atoms with Gasteiger partial charge in [-0.1, -0.05) is 36.7 Å². The van der Waals surface area contributed by atoms with Gasteiger partial charge >= 0.3 is 6.18 Å². The average Bonchev–Trinajstić information content (AvgIpc) is 2.07. The lowest BCUT2D eigenvalue weighted by Gasteiger charge is -2.29. The van der Waals surface area contributed by atoms with Gasteiger partial charge < -0.3 is 4.74 Å². The monoisotopic (exact) mass is 304 g/mol. The van der Waals surface area contributed by atoms with Crippen LogP contribution in [0.2, 0.25) is 0 Å². The van der Waals surface area contributed by atoms with Crippen LogP contribution in [-0.2, 0) is 4.74 Å². The second-order valence-electron chi connectivity index (χ2n) is 5.03. The van der Waals surface area contributed by atoms with Crippen molar-refractivity contribution < 1.29 is 17.9 Å². The molecule has 16 heavy (non-hydrogen) atoms. The molecule has 5 heteroatoms. The fourth-order valence-corrected chi connectivity index (χ4v) is 2.66. The third-order valence-electron chi connectivity index (χ3n) is 2.52. The van der Waals surface area contributed by atoms with E-state index in [1.54, 1.807) is 0 Å². The molecule has 0 aromatic rings. The van der Waals surface area contributed by atoms with Crippen molar-refractivity contribution in [2.75, 3.05) is 18.5 Å². The molecule has 0 aliphatic carbocycles. The molecule has 1 nitrogen and oxygen atoms in total. The number of alkyl halides is 4. The summed E-state index contributed by atoms with van der Waals surface area (Å²) in [6.45, 7) is 5.45. The van der Waals surface area contributed by atoms with Gasteiger partial charge in [-0.15, -0.1) is 0 Å². The van der Waals surface area contributed by atoms with Gasteiger partial charge in [-0.25, -0.2) is 0 Å². The molecule has 0 saturated heterocycles. The van der Waals surface area contributed by atoms with Crippen LogP contribution in [0.1, 0.15) is 33.6 Å². The summed E-state index contributed by atoms with van der Waals surface area (Å²) in [6.07, 6.45) is -2.66. The van der Waals surface area contributed by atoms with Gasteiger partial charge in [0.15, 0.2) is 0 Å². The number of hydrogen-bond acceptors (Lipinski definition) is 1. The third kappa shape index (κ3) is 8.39. The molecule has 0 amide bonds. The largest absolute Gasteiger partial charge is 0.411 e. The lowest BCUT2D eigenvalue weighted by Crippen LogP contribution is -2.23. The molecule has 0 N–H and O–H groups in total. The molecule has 1 unspecified atom stereocenters. The number of rotatable bonds is 6. The van der Waals surface area contributed by atoms with Crippen LogP contribution in [0.25, 0.3) is 0 Å². The van der Waals surface area contributed by atoms with Crippen LogP contribution >= 0.6 is 15.9 Å². The molecule has 0 radical (unpaired) electrons. The lowest BCUT2D eigenvalue weighted by molar-refractivity contribution is -0.174. The predicted octanol–water partition coefficient (Wildman–Crippen LogP) is 4.40. The molecule has 0 rings (SSSR count). The van der Waals surface area contributed by atoms with E-state index >= 15 is 0 Å². The average molecular weight is 305 g/mol. The molecule has 0 heterocycles. The van der Waals surface area contributed by atoms with Crippen molar-refractivity contribution in [2.24, 2.45) is 11.3 Å². The first-order valence-corrected chi connectivity index (χ1v) is 6.49. The van der Waals surface area contributed by atoms with Gasteiger partial charge in [0.05, 0.1) is 0 Å². The van der Waals surface area contributed by atoms with E-state index in [1.807, 2.05) is 0 Å². The van der Waals surface area contributed by atoms with Gasteiger partial charge in [0, 0.05) is 11.9 Å². The Labute approximate surface area is 104 Å². The summed E-state index contributed by atoms with van der Waals surface area (Å²) in [7, 11) is 0. The second-order valence-corrected chi connectivity index (χ2v) is 5.67. The number of halogens is 4. The molecular weight excluding hydrogens is 285 g/mol. The normalized spacial score (nSPS) is 15.2. The third-order valence-corrected chi connectivity index (χ3v) is 3.30. The number of hydrogen-bond donors (Lipinski definition) is 0. The maximum absolute atomic E-state index is 11.8. The van der Waals surface area contributed by atoms with E-state index in [2.05, 4.69) is 41.4 Å². The van der Waals surface area contributed by atoms with Crippen LogP contribution in [0.15, 0.2) is 0 Å². The van der Waals surface area contributed by atoms with Gasteiger partial charge in [0.2, 0.25) is 0 Å². The Balaban J connectivity index is 3.65. The lowest BCUT2D eigenvalue weighted by atomic mass is 9.79. The van der Waals surface area contributed by atoms with E-state index in [4.69, 9.17) is 0 Å². The highest BCUT2D eigenvalue weighted by molar-refractivity contribution is 9.09. The van der Waals surface area contributed by atoms with Crippen molar-refractivity contribution >= 4 is 15.9 Å². The van der Waals surface area contributed by atoms with Gasteiger partial charge in [-0.3, -0.25) is 0 Å². The predicted molar refractivity (Wildman–Crippen MR) is 62.8 cm³/mol. The van der Waals surface area contributed by atoms with Crippen LogP contribution in [0, 0.1) is 11.3 Å². The molecule has 0 aromatic heterocycles. The SMILES string of the molecule is CC(C)(C)C(CBr)CCCOCC(F)(F)F. The zero-order valence-corrected chi connectivity index (χ0v) is 11.6. The first-order chi connectivity index (χ1) is 7.17. The molecule has 0 fully saturated rings. The van der Waals surface area contributed by atoms with Crippen LogP contribution in [0.3, 0.4) is 0 Å². The Morgan fingerprint density at radius 3 is 2.12 bits per heavy atom. The topological polar surface area (TPSA) is 9.23 Å². The minimum absolute atomic E-state index is 0.174. The van der Waals surface area contributed by atoms with E-state index in [0.29, 0.717) is 12.3 Å². The van der Waals surface area contributed by atoms with Crippen molar-refractivity contribution in [3.63, 3.8) is 0 Å². The molecule has 0 spiro atoms. The Morgan fingerprint density at radius 1 is 1.19 bits per heavy atom. The van der Waals surface area contributed by atoms with Crippen LogP contribution < -0.4 is 0 Å². The molecular formula is C11H20BrF3O. The molecule has 98 valence electrons. The zero-order valence-electron chi connectivity index (χ0n) is 10.0. The van der Waals surface area contributed by atoms with Crippen molar-refractivity contribution in [3.8, 4) is 0 Å². The Morgan fingerprint density at radius 2 is 1.75 bits per heavy atom. The summed E-state index contributed by atoms with van der Waals surface area (Å²) in [6, 6.07) is 0. The van der Waals surface area contributed by atoms with Crippen molar-refractivity contribution in [1.29, 1.82) is 0 Å². The zero-order chi connectivity index (χ0) is 12.8. The Kier molecular flexibility index (Phi) is 6.94. The van der Waals surface area contributed by atoms with Gasteiger partial charge in [-0.05, 0) is 24.2 Å². The van der Waals surface area contributed by atoms with Gasteiger partial charge in [0.25, 0.3) is 0 Å². The summed E-state index contributed by atoms with van der Waals surface area (Å²) in [4.78, 5) is 0. The highest BCUT2D eigenvalue weighted by Crippen LogP contribution is 2.31. The highest BCUT2D eigenvalue weighted by atomic mass is 79.9. The summed E-state index contributed by atoms with van der Waals surface area (Å²) < 4.78 is 39.9. The molecule has 0 aliphatic rings. The second kappa shape index (κ2) is 6.84. The fourth-order valence-electron chi connectivity index (χ4n) is 1.36. The molecule has 0 aliphatic heterocycles. The molecule has 0 aromatic carbocycles. The van der Waals surface area contributed by atoms with E-state index in [9.17, 15) is 13.2 Å². The highest BCUT2D eigenvalue weighted by Gasteiger charge is 2.27. The Bertz CT molecular complexity index is 187. The maximum Gasteiger partial charge on any atom is 0.411 e. The number of ether oxygens (including phenoxy) is 1. The van der Waals surface area contributed by atoms with E-state index < -0.39 is 12.8 Å².